The van der Waals surface area contributed by atoms with Crippen LogP contribution in [-0.2, 0) is 6.54 Å². The Balaban J connectivity index is 1.97. The highest BCUT2D eigenvalue weighted by atomic mass is 14.9. The lowest BCUT2D eigenvalue weighted by Gasteiger charge is -2.06. The van der Waals surface area contributed by atoms with E-state index in [1.54, 1.807) is 0 Å². The maximum absolute atomic E-state index is 2.30. The van der Waals surface area contributed by atoms with Gasteiger partial charge < -0.3 is 4.57 Å². The first-order valence-corrected chi connectivity index (χ1v) is 6.33. The van der Waals surface area contributed by atoms with E-state index in [2.05, 4.69) is 73.1 Å². The van der Waals surface area contributed by atoms with E-state index in [1.165, 1.54) is 27.6 Å². The summed E-state index contributed by atoms with van der Waals surface area (Å²) in [6, 6.07) is 17.6. The average molecular weight is 235 g/mol. The Morgan fingerprint density at radius 1 is 0.833 bits per heavy atom. The van der Waals surface area contributed by atoms with Gasteiger partial charge in [-0.1, -0.05) is 41.5 Å². The molecule has 0 radical (unpaired) electrons. The van der Waals surface area contributed by atoms with Crippen molar-refractivity contribution in [3.8, 4) is 0 Å². The number of nitrogens with zero attached hydrogens (tertiary/aromatic N) is 1. The Morgan fingerprint density at radius 3 is 2.33 bits per heavy atom. The number of aromatic nitrogens is 1. The molecule has 0 atom stereocenters. The second kappa shape index (κ2) is 4.34. The van der Waals surface area contributed by atoms with E-state index in [-0.39, 0.29) is 0 Å². The van der Waals surface area contributed by atoms with Gasteiger partial charge in [0.15, 0.2) is 0 Å². The molecule has 0 fully saturated rings. The second-order valence-electron chi connectivity index (χ2n) is 4.99. The summed E-state index contributed by atoms with van der Waals surface area (Å²) >= 11 is 0. The number of rotatable bonds is 2. The van der Waals surface area contributed by atoms with Gasteiger partial charge in [0.25, 0.3) is 0 Å². The van der Waals surface area contributed by atoms with Crippen LogP contribution in [0.4, 0.5) is 0 Å². The van der Waals surface area contributed by atoms with Crippen LogP contribution in [0.1, 0.15) is 16.7 Å². The van der Waals surface area contributed by atoms with Crippen LogP contribution in [0, 0.1) is 13.8 Å². The fourth-order valence-corrected chi connectivity index (χ4v) is 2.35. The molecule has 0 amide bonds. The van der Waals surface area contributed by atoms with Gasteiger partial charge in [-0.25, -0.2) is 0 Å². The molecule has 0 N–H and O–H groups in total. The minimum Gasteiger partial charge on any atom is -0.343 e. The molecule has 1 nitrogen and oxygen atoms in total. The molecule has 0 aliphatic carbocycles. The van der Waals surface area contributed by atoms with Crippen LogP contribution in [-0.4, -0.2) is 4.57 Å². The summed E-state index contributed by atoms with van der Waals surface area (Å²) in [5.41, 5.74) is 5.28. The van der Waals surface area contributed by atoms with E-state index >= 15 is 0 Å². The molecule has 0 saturated carbocycles. The van der Waals surface area contributed by atoms with E-state index in [0.29, 0.717) is 0 Å². The molecule has 3 aromatic rings. The van der Waals surface area contributed by atoms with Crippen LogP contribution in [0.25, 0.3) is 10.9 Å². The van der Waals surface area contributed by atoms with Gasteiger partial charge in [0, 0.05) is 18.3 Å². The molecule has 1 heterocycles. The Kier molecular flexibility index (Phi) is 2.67. The summed E-state index contributed by atoms with van der Waals surface area (Å²) in [7, 11) is 0. The van der Waals surface area contributed by atoms with Crippen molar-refractivity contribution >= 4 is 10.9 Å². The fraction of sp³-hybridized carbons (Fsp3) is 0.176. The third kappa shape index (κ3) is 2.04. The maximum atomic E-state index is 2.30. The monoisotopic (exact) mass is 235 g/mol. The van der Waals surface area contributed by atoms with Crippen LogP contribution >= 0.6 is 0 Å². The summed E-state index contributed by atoms with van der Waals surface area (Å²) in [6.45, 7) is 5.20. The van der Waals surface area contributed by atoms with Crippen LogP contribution in [0.15, 0.2) is 54.7 Å². The second-order valence-corrected chi connectivity index (χ2v) is 4.99. The zero-order valence-electron chi connectivity index (χ0n) is 10.9. The highest BCUT2D eigenvalue weighted by Crippen LogP contribution is 2.18. The minimum absolute atomic E-state index is 0.937. The van der Waals surface area contributed by atoms with Gasteiger partial charge in [-0.05, 0) is 43.0 Å². The average Bonchev–Trinajstić information content (AvgIpc) is 2.74. The molecule has 0 unspecified atom stereocenters. The molecule has 0 bridgehead atoms. The van der Waals surface area contributed by atoms with Crippen LogP contribution in [0.3, 0.4) is 0 Å². The lowest BCUT2D eigenvalue weighted by atomic mass is 10.1. The number of fused-ring (bicyclic) bond motifs is 1. The summed E-state index contributed by atoms with van der Waals surface area (Å²) in [5.74, 6) is 0. The molecule has 0 spiro atoms. The van der Waals surface area contributed by atoms with Crippen molar-refractivity contribution in [3.05, 3.63) is 71.4 Å². The first kappa shape index (κ1) is 11.1. The Morgan fingerprint density at radius 2 is 1.56 bits per heavy atom. The van der Waals surface area contributed by atoms with Gasteiger partial charge in [-0.15, -0.1) is 0 Å². The van der Waals surface area contributed by atoms with E-state index in [1.807, 2.05) is 0 Å². The summed E-state index contributed by atoms with van der Waals surface area (Å²) < 4.78 is 2.30. The SMILES string of the molecule is Cc1ccc(Cn2ccc3cc(C)ccc32)cc1. The first-order valence-electron chi connectivity index (χ1n) is 6.33. The Labute approximate surface area is 108 Å². The lowest BCUT2D eigenvalue weighted by Crippen LogP contribution is -1.97. The summed E-state index contributed by atoms with van der Waals surface area (Å²) in [4.78, 5) is 0. The van der Waals surface area contributed by atoms with E-state index in [0.717, 1.165) is 6.54 Å². The quantitative estimate of drug-likeness (QED) is 0.624. The van der Waals surface area contributed by atoms with E-state index < -0.39 is 0 Å². The van der Waals surface area contributed by atoms with Crippen molar-refractivity contribution < 1.29 is 0 Å². The molecule has 90 valence electrons. The Bertz CT molecular complexity index is 674. The molecule has 0 aliphatic heterocycles. The molecular formula is C17H17N. The van der Waals surface area contributed by atoms with Gasteiger partial charge in [0.05, 0.1) is 0 Å². The number of benzene rings is 2. The zero-order chi connectivity index (χ0) is 12.5. The van der Waals surface area contributed by atoms with Gasteiger partial charge in [-0.3, -0.25) is 0 Å². The molecule has 1 aromatic heterocycles. The van der Waals surface area contributed by atoms with Crippen LogP contribution in [0.2, 0.25) is 0 Å². The van der Waals surface area contributed by atoms with Crippen molar-refractivity contribution in [2.75, 3.05) is 0 Å². The zero-order valence-corrected chi connectivity index (χ0v) is 10.9. The highest BCUT2D eigenvalue weighted by Gasteiger charge is 2.01. The highest BCUT2D eigenvalue weighted by molar-refractivity contribution is 5.80. The number of hydrogen-bond donors (Lipinski definition) is 0. The first-order chi connectivity index (χ1) is 8.72. The minimum atomic E-state index is 0.937. The van der Waals surface area contributed by atoms with Crippen molar-refractivity contribution in [2.45, 2.75) is 20.4 Å². The largest absolute Gasteiger partial charge is 0.343 e. The maximum Gasteiger partial charge on any atom is 0.0483 e. The number of aryl methyl sites for hydroxylation is 2. The molecule has 2 aromatic carbocycles. The molecule has 18 heavy (non-hydrogen) atoms. The number of hydrogen-bond acceptors (Lipinski definition) is 0. The summed E-state index contributed by atoms with van der Waals surface area (Å²) in [6.07, 6.45) is 2.17. The topological polar surface area (TPSA) is 4.93 Å². The van der Waals surface area contributed by atoms with E-state index in [4.69, 9.17) is 0 Å². The standard InChI is InChI=1S/C17H17N/c1-13-3-6-15(7-4-13)12-18-10-9-16-11-14(2)5-8-17(16)18/h3-11H,12H2,1-2H3. The molecular weight excluding hydrogens is 218 g/mol. The third-order valence-electron chi connectivity index (χ3n) is 3.40. The van der Waals surface area contributed by atoms with E-state index in [9.17, 15) is 0 Å². The molecule has 0 saturated heterocycles. The van der Waals surface area contributed by atoms with Crippen molar-refractivity contribution in [3.63, 3.8) is 0 Å². The van der Waals surface area contributed by atoms with Crippen molar-refractivity contribution in [2.24, 2.45) is 0 Å². The third-order valence-corrected chi connectivity index (χ3v) is 3.40. The van der Waals surface area contributed by atoms with Crippen molar-refractivity contribution in [1.82, 2.24) is 4.57 Å². The summed E-state index contributed by atoms with van der Waals surface area (Å²) in [5, 5.41) is 1.32. The smallest absolute Gasteiger partial charge is 0.0483 e. The lowest BCUT2D eigenvalue weighted by molar-refractivity contribution is 0.836. The Hall–Kier alpha value is -2.02. The van der Waals surface area contributed by atoms with Gasteiger partial charge >= 0.3 is 0 Å². The predicted molar refractivity (Wildman–Crippen MR) is 77.0 cm³/mol. The molecule has 1 heteroatoms. The fourth-order valence-electron chi connectivity index (χ4n) is 2.35. The van der Waals surface area contributed by atoms with Crippen molar-refractivity contribution in [1.29, 1.82) is 0 Å². The normalized spacial score (nSPS) is 11.0. The molecule has 0 aliphatic rings. The molecule has 3 rings (SSSR count). The van der Waals surface area contributed by atoms with Gasteiger partial charge in [0.2, 0.25) is 0 Å². The predicted octanol–water partition coefficient (Wildman–Crippen LogP) is 4.31. The van der Waals surface area contributed by atoms with Crippen LogP contribution < -0.4 is 0 Å². The van der Waals surface area contributed by atoms with Gasteiger partial charge in [0.1, 0.15) is 0 Å². The van der Waals surface area contributed by atoms with Gasteiger partial charge in [-0.2, -0.15) is 0 Å². The van der Waals surface area contributed by atoms with Crippen LogP contribution in [0.5, 0.6) is 0 Å².